The molecule has 0 saturated carbocycles. The first kappa shape index (κ1) is 17.6. The standard InChI is InChI=1S/C22H24N2O3/c25-22(24-14-4-7-16-6-1-2-9-20(16)24)11-5-15-27-21-10-3-8-17-18(21)12-13-19(17)23-26/h1-3,6,8-10,26H,4-5,7,11-15H2/b23-19+. The van der Waals surface area contributed by atoms with Crippen molar-refractivity contribution in [3.63, 3.8) is 0 Å². The highest BCUT2D eigenvalue weighted by molar-refractivity contribution is 6.04. The van der Waals surface area contributed by atoms with E-state index in [9.17, 15) is 4.79 Å². The van der Waals surface area contributed by atoms with Crippen LogP contribution in [0.15, 0.2) is 47.6 Å². The van der Waals surface area contributed by atoms with Crippen LogP contribution in [-0.2, 0) is 17.6 Å². The molecule has 2 aliphatic rings. The first-order valence-corrected chi connectivity index (χ1v) is 9.62. The van der Waals surface area contributed by atoms with Crippen LogP contribution in [0.3, 0.4) is 0 Å². The van der Waals surface area contributed by atoms with Gasteiger partial charge in [0.05, 0.1) is 12.3 Å². The van der Waals surface area contributed by atoms with Crippen molar-refractivity contribution >= 4 is 17.3 Å². The molecule has 1 N–H and O–H groups in total. The lowest BCUT2D eigenvalue weighted by atomic mass is 10.0. The fourth-order valence-corrected chi connectivity index (χ4v) is 4.04. The number of rotatable bonds is 5. The second-order valence-electron chi connectivity index (χ2n) is 7.06. The maximum absolute atomic E-state index is 12.7. The monoisotopic (exact) mass is 364 g/mol. The quantitative estimate of drug-likeness (QED) is 0.496. The number of ether oxygens (including phenoxy) is 1. The molecule has 0 atom stereocenters. The number of amides is 1. The summed E-state index contributed by atoms with van der Waals surface area (Å²) in [5.74, 6) is 1.00. The van der Waals surface area contributed by atoms with Crippen LogP contribution in [0, 0.1) is 0 Å². The summed E-state index contributed by atoms with van der Waals surface area (Å²) in [4.78, 5) is 14.6. The highest BCUT2D eigenvalue weighted by Crippen LogP contribution is 2.31. The molecule has 0 bridgehead atoms. The van der Waals surface area contributed by atoms with E-state index < -0.39 is 0 Å². The van der Waals surface area contributed by atoms with Crippen LogP contribution in [-0.4, -0.2) is 30.0 Å². The number of benzene rings is 2. The summed E-state index contributed by atoms with van der Waals surface area (Å²) in [5.41, 5.74) is 5.10. The van der Waals surface area contributed by atoms with Crippen molar-refractivity contribution in [2.75, 3.05) is 18.1 Å². The van der Waals surface area contributed by atoms with Gasteiger partial charge in [-0.2, -0.15) is 0 Å². The molecule has 0 aromatic heterocycles. The molecular formula is C22H24N2O3. The third kappa shape index (κ3) is 3.54. The minimum absolute atomic E-state index is 0.166. The number of hydrogen-bond acceptors (Lipinski definition) is 4. The molecule has 5 nitrogen and oxygen atoms in total. The number of nitrogens with zero attached hydrogens (tertiary/aromatic N) is 2. The van der Waals surface area contributed by atoms with Crippen molar-refractivity contribution in [3.8, 4) is 5.75 Å². The molecule has 2 aromatic carbocycles. The SMILES string of the molecule is O=C(CCCOc1cccc2c1CC/C2=N\O)N1CCCc2ccccc21. The van der Waals surface area contributed by atoms with Gasteiger partial charge in [0, 0.05) is 29.8 Å². The third-order valence-corrected chi connectivity index (χ3v) is 5.38. The topological polar surface area (TPSA) is 62.1 Å². The van der Waals surface area contributed by atoms with E-state index in [1.165, 1.54) is 5.56 Å². The average Bonchev–Trinajstić information content (AvgIpc) is 3.14. The third-order valence-electron chi connectivity index (χ3n) is 5.38. The molecule has 1 aliphatic heterocycles. The summed E-state index contributed by atoms with van der Waals surface area (Å²) in [7, 11) is 0. The Bertz CT molecular complexity index is 876. The number of anilines is 1. The van der Waals surface area contributed by atoms with E-state index in [1.54, 1.807) is 0 Å². The summed E-state index contributed by atoms with van der Waals surface area (Å²) in [6, 6.07) is 14.0. The predicted molar refractivity (Wildman–Crippen MR) is 105 cm³/mol. The Kier molecular flexibility index (Phi) is 5.10. The van der Waals surface area contributed by atoms with E-state index in [1.807, 2.05) is 41.3 Å². The molecule has 1 heterocycles. The highest BCUT2D eigenvalue weighted by Gasteiger charge is 2.23. The van der Waals surface area contributed by atoms with Gasteiger partial charge in [-0.1, -0.05) is 35.5 Å². The van der Waals surface area contributed by atoms with Gasteiger partial charge in [0.15, 0.2) is 0 Å². The van der Waals surface area contributed by atoms with Crippen molar-refractivity contribution in [2.45, 2.75) is 38.5 Å². The summed E-state index contributed by atoms with van der Waals surface area (Å²) in [6.45, 7) is 1.30. The van der Waals surface area contributed by atoms with Crippen LogP contribution in [0.25, 0.3) is 0 Å². The number of aryl methyl sites for hydroxylation is 1. The molecule has 0 spiro atoms. The minimum atomic E-state index is 0.166. The molecule has 4 rings (SSSR count). The van der Waals surface area contributed by atoms with Crippen LogP contribution in [0.1, 0.15) is 42.4 Å². The van der Waals surface area contributed by atoms with Crippen LogP contribution < -0.4 is 9.64 Å². The smallest absolute Gasteiger partial charge is 0.227 e. The van der Waals surface area contributed by atoms with Gasteiger partial charge in [0.1, 0.15) is 5.75 Å². The molecule has 2 aromatic rings. The number of carbonyl (C=O) groups excluding carboxylic acids is 1. The Hall–Kier alpha value is -2.82. The van der Waals surface area contributed by atoms with Crippen LogP contribution >= 0.6 is 0 Å². The van der Waals surface area contributed by atoms with E-state index in [4.69, 9.17) is 9.94 Å². The average molecular weight is 364 g/mol. The summed E-state index contributed by atoms with van der Waals surface area (Å²) in [5, 5.41) is 12.4. The Balaban J connectivity index is 1.33. The van der Waals surface area contributed by atoms with Gasteiger partial charge < -0.3 is 14.8 Å². The number of fused-ring (bicyclic) bond motifs is 2. The first-order chi connectivity index (χ1) is 13.3. The molecule has 0 unspecified atom stereocenters. The number of carbonyl (C=O) groups is 1. The highest BCUT2D eigenvalue weighted by atomic mass is 16.5. The van der Waals surface area contributed by atoms with E-state index >= 15 is 0 Å². The van der Waals surface area contributed by atoms with Gasteiger partial charge in [-0.05, 0) is 49.8 Å². The fraction of sp³-hybridized carbons (Fsp3) is 0.364. The van der Waals surface area contributed by atoms with Crippen molar-refractivity contribution in [1.29, 1.82) is 0 Å². The van der Waals surface area contributed by atoms with Gasteiger partial charge in [0.25, 0.3) is 0 Å². The molecule has 0 fully saturated rings. The van der Waals surface area contributed by atoms with Crippen LogP contribution in [0.4, 0.5) is 5.69 Å². The molecule has 27 heavy (non-hydrogen) atoms. The number of para-hydroxylation sites is 1. The maximum atomic E-state index is 12.7. The molecule has 5 heteroatoms. The summed E-state index contributed by atoms with van der Waals surface area (Å²) >= 11 is 0. The fourth-order valence-electron chi connectivity index (χ4n) is 4.04. The Morgan fingerprint density at radius 2 is 2.00 bits per heavy atom. The molecular weight excluding hydrogens is 340 g/mol. The Labute approximate surface area is 159 Å². The molecule has 0 saturated heterocycles. The van der Waals surface area contributed by atoms with Crippen molar-refractivity contribution in [1.82, 2.24) is 0 Å². The van der Waals surface area contributed by atoms with Gasteiger partial charge in [-0.15, -0.1) is 0 Å². The molecule has 1 aliphatic carbocycles. The normalized spacial score (nSPS) is 16.9. The zero-order valence-electron chi connectivity index (χ0n) is 15.4. The second-order valence-corrected chi connectivity index (χ2v) is 7.06. The molecule has 0 radical (unpaired) electrons. The van der Waals surface area contributed by atoms with Crippen LogP contribution in [0.5, 0.6) is 5.75 Å². The molecule has 140 valence electrons. The lowest BCUT2D eigenvalue weighted by molar-refractivity contribution is -0.118. The van der Waals surface area contributed by atoms with Gasteiger partial charge in [-0.3, -0.25) is 4.79 Å². The van der Waals surface area contributed by atoms with Crippen molar-refractivity contribution in [3.05, 3.63) is 59.2 Å². The minimum Gasteiger partial charge on any atom is -0.493 e. The maximum Gasteiger partial charge on any atom is 0.227 e. The molecule has 1 amide bonds. The predicted octanol–water partition coefficient (Wildman–Crippen LogP) is 3.95. The van der Waals surface area contributed by atoms with Gasteiger partial charge >= 0.3 is 0 Å². The number of oxime groups is 1. The van der Waals surface area contributed by atoms with Crippen LogP contribution in [0.2, 0.25) is 0 Å². The van der Waals surface area contributed by atoms with E-state index in [-0.39, 0.29) is 5.91 Å². The van der Waals surface area contributed by atoms with Crippen molar-refractivity contribution in [2.24, 2.45) is 5.16 Å². The first-order valence-electron chi connectivity index (χ1n) is 9.62. The zero-order chi connectivity index (χ0) is 18.6. The van der Waals surface area contributed by atoms with E-state index in [0.29, 0.717) is 19.4 Å². The zero-order valence-corrected chi connectivity index (χ0v) is 15.4. The van der Waals surface area contributed by atoms with E-state index in [0.717, 1.165) is 60.5 Å². The van der Waals surface area contributed by atoms with Gasteiger partial charge in [-0.25, -0.2) is 0 Å². The van der Waals surface area contributed by atoms with Crippen molar-refractivity contribution < 1.29 is 14.7 Å². The second kappa shape index (κ2) is 7.82. The van der Waals surface area contributed by atoms with E-state index in [2.05, 4.69) is 11.2 Å². The summed E-state index contributed by atoms with van der Waals surface area (Å²) < 4.78 is 5.94. The van der Waals surface area contributed by atoms with Gasteiger partial charge in [0.2, 0.25) is 5.91 Å². The lowest BCUT2D eigenvalue weighted by Crippen LogP contribution is -2.35. The Morgan fingerprint density at radius 1 is 1.11 bits per heavy atom. The number of hydrogen-bond donors (Lipinski definition) is 1. The largest absolute Gasteiger partial charge is 0.493 e. The lowest BCUT2D eigenvalue weighted by Gasteiger charge is -2.29. The Morgan fingerprint density at radius 3 is 2.89 bits per heavy atom. The summed E-state index contributed by atoms with van der Waals surface area (Å²) in [6.07, 6.45) is 4.79.